The Hall–Kier alpha value is -1.51. The summed E-state index contributed by atoms with van der Waals surface area (Å²) in [6.07, 6.45) is 5.33. The van der Waals surface area contributed by atoms with Gasteiger partial charge in [-0.05, 0) is 49.7 Å². The second-order valence-corrected chi connectivity index (χ2v) is 5.82. The molecule has 18 heavy (non-hydrogen) atoms. The molecule has 1 aliphatic carbocycles. The van der Waals surface area contributed by atoms with Gasteiger partial charge in [0.05, 0.1) is 5.56 Å². The average molecular weight is 244 g/mol. The van der Waals surface area contributed by atoms with Crippen molar-refractivity contribution in [3.8, 4) is 0 Å². The van der Waals surface area contributed by atoms with E-state index in [-0.39, 0.29) is 5.91 Å². The fraction of sp³-hybridized carbons (Fsp3) is 0.533. The molecule has 0 aromatic heterocycles. The maximum Gasteiger partial charge on any atom is 0.251 e. The molecule has 1 amide bonds. The number of nitrogens with two attached hydrogens (primary N) is 1. The van der Waals surface area contributed by atoms with E-state index in [0.717, 1.165) is 24.3 Å². The van der Waals surface area contributed by atoms with Crippen LogP contribution in [0.1, 0.15) is 41.6 Å². The minimum atomic E-state index is -0.310. The number of rotatable bonds is 2. The lowest BCUT2D eigenvalue weighted by Crippen LogP contribution is -2.36. The monoisotopic (exact) mass is 244 g/mol. The van der Waals surface area contributed by atoms with Crippen molar-refractivity contribution in [1.82, 2.24) is 0 Å². The molecular formula is C15H20N2O. The SMILES string of the molecule is Cc1cccc(N2CCC3(CC2)CC3)c1C(N)=O. The van der Waals surface area contributed by atoms with Gasteiger partial charge in [0.1, 0.15) is 0 Å². The number of benzene rings is 1. The molecule has 1 aliphatic heterocycles. The summed E-state index contributed by atoms with van der Waals surface area (Å²) in [6.45, 7) is 4.07. The summed E-state index contributed by atoms with van der Waals surface area (Å²) in [4.78, 5) is 14.0. The Morgan fingerprint density at radius 3 is 2.44 bits per heavy atom. The summed E-state index contributed by atoms with van der Waals surface area (Å²) in [5, 5.41) is 0. The van der Waals surface area contributed by atoms with Gasteiger partial charge >= 0.3 is 0 Å². The van der Waals surface area contributed by atoms with Crippen molar-refractivity contribution >= 4 is 11.6 Å². The van der Waals surface area contributed by atoms with E-state index in [0.29, 0.717) is 11.0 Å². The van der Waals surface area contributed by atoms with Gasteiger partial charge in [-0.15, -0.1) is 0 Å². The lowest BCUT2D eigenvalue weighted by Gasteiger charge is -2.35. The fourth-order valence-electron chi connectivity index (χ4n) is 3.14. The summed E-state index contributed by atoms with van der Waals surface area (Å²) in [6, 6.07) is 5.99. The normalized spacial score (nSPS) is 21.1. The van der Waals surface area contributed by atoms with Crippen molar-refractivity contribution in [1.29, 1.82) is 0 Å². The lowest BCUT2D eigenvalue weighted by atomic mass is 9.92. The van der Waals surface area contributed by atoms with E-state index < -0.39 is 0 Å². The second-order valence-electron chi connectivity index (χ2n) is 5.82. The Kier molecular flexibility index (Phi) is 2.58. The quantitative estimate of drug-likeness (QED) is 0.868. The van der Waals surface area contributed by atoms with Crippen LogP contribution in [0, 0.1) is 12.3 Å². The highest BCUT2D eigenvalue weighted by atomic mass is 16.1. The lowest BCUT2D eigenvalue weighted by molar-refractivity contribution is 0.1000. The van der Waals surface area contributed by atoms with E-state index in [1.165, 1.54) is 25.7 Å². The molecule has 2 N–H and O–H groups in total. The van der Waals surface area contributed by atoms with E-state index in [2.05, 4.69) is 4.90 Å². The Morgan fingerprint density at radius 2 is 1.89 bits per heavy atom. The number of nitrogens with zero attached hydrogens (tertiary/aromatic N) is 1. The molecule has 1 saturated carbocycles. The molecule has 0 bridgehead atoms. The minimum Gasteiger partial charge on any atom is -0.371 e. The first-order chi connectivity index (χ1) is 8.61. The van der Waals surface area contributed by atoms with Gasteiger partial charge in [-0.3, -0.25) is 4.79 Å². The van der Waals surface area contributed by atoms with Gasteiger partial charge in [0.15, 0.2) is 0 Å². The summed E-state index contributed by atoms with van der Waals surface area (Å²) < 4.78 is 0. The van der Waals surface area contributed by atoms with E-state index >= 15 is 0 Å². The van der Waals surface area contributed by atoms with Crippen LogP contribution in [0.3, 0.4) is 0 Å². The molecule has 1 saturated heterocycles. The Morgan fingerprint density at radius 1 is 1.22 bits per heavy atom. The number of carbonyl (C=O) groups is 1. The van der Waals surface area contributed by atoms with Crippen LogP contribution in [0.25, 0.3) is 0 Å². The van der Waals surface area contributed by atoms with Crippen LogP contribution in [0.5, 0.6) is 0 Å². The van der Waals surface area contributed by atoms with Crippen LogP contribution >= 0.6 is 0 Å². The third kappa shape index (κ3) is 1.88. The van der Waals surface area contributed by atoms with E-state index in [1.54, 1.807) is 0 Å². The third-order valence-electron chi connectivity index (χ3n) is 4.62. The van der Waals surface area contributed by atoms with Crippen LogP contribution in [0.4, 0.5) is 5.69 Å². The zero-order valence-corrected chi connectivity index (χ0v) is 10.9. The molecule has 96 valence electrons. The Balaban J connectivity index is 1.87. The van der Waals surface area contributed by atoms with Gasteiger partial charge in [0, 0.05) is 18.8 Å². The molecule has 1 aromatic carbocycles. The van der Waals surface area contributed by atoms with Crippen LogP contribution in [0.2, 0.25) is 0 Å². The highest BCUT2D eigenvalue weighted by molar-refractivity contribution is 6.00. The highest BCUT2D eigenvalue weighted by Crippen LogP contribution is 2.54. The maximum absolute atomic E-state index is 11.6. The topological polar surface area (TPSA) is 46.3 Å². The maximum atomic E-state index is 11.6. The molecule has 1 heterocycles. The molecule has 0 radical (unpaired) electrons. The Labute approximate surface area is 108 Å². The van der Waals surface area contributed by atoms with Crippen molar-refractivity contribution in [2.24, 2.45) is 11.1 Å². The minimum absolute atomic E-state index is 0.310. The van der Waals surface area contributed by atoms with Gasteiger partial charge in [0.25, 0.3) is 5.91 Å². The largest absolute Gasteiger partial charge is 0.371 e. The van der Waals surface area contributed by atoms with Crippen LogP contribution in [-0.4, -0.2) is 19.0 Å². The van der Waals surface area contributed by atoms with Crippen LogP contribution in [0.15, 0.2) is 18.2 Å². The van der Waals surface area contributed by atoms with Gasteiger partial charge in [-0.25, -0.2) is 0 Å². The van der Waals surface area contributed by atoms with Crippen LogP contribution in [-0.2, 0) is 0 Å². The number of carbonyl (C=O) groups excluding carboxylic acids is 1. The van der Waals surface area contributed by atoms with Crippen LogP contribution < -0.4 is 10.6 Å². The van der Waals surface area contributed by atoms with Crippen molar-refractivity contribution in [2.75, 3.05) is 18.0 Å². The van der Waals surface area contributed by atoms with Crippen molar-refractivity contribution in [3.63, 3.8) is 0 Å². The number of amides is 1. The molecule has 1 spiro atoms. The Bertz CT molecular complexity index is 481. The second kappa shape index (κ2) is 4.01. The predicted molar refractivity (Wildman–Crippen MR) is 72.8 cm³/mol. The van der Waals surface area contributed by atoms with E-state index in [9.17, 15) is 4.79 Å². The third-order valence-corrected chi connectivity index (χ3v) is 4.62. The summed E-state index contributed by atoms with van der Waals surface area (Å²) in [5.74, 6) is -0.310. The number of primary amides is 1. The predicted octanol–water partition coefficient (Wildman–Crippen LogP) is 2.47. The molecule has 2 aliphatic rings. The zero-order chi connectivity index (χ0) is 12.8. The molecular weight excluding hydrogens is 224 g/mol. The van der Waals surface area contributed by atoms with Crippen molar-refractivity contribution < 1.29 is 4.79 Å². The van der Waals surface area contributed by atoms with Crippen molar-refractivity contribution in [2.45, 2.75) is 32.6 Å². The van der Waals surface area contributed by atoms with Gasteiger partial charge in [-0.1, -0.05) is 12.1 Å². The molecule has 3 rings (SSSR count). The smallest absolute Gasteiger partial charge is 0.251 e. The summed E-state index contributed by atoms with van der Waals surface area (Å²) in [5.41, 5.74) is 8.88. The first-order valence-corrected chi connectivity index (χ1v) is 6.76. The summed E-state index contributed by atoms with van der Waals surface area (Å²) in [7, 11) is 0. The summed E-state index contributed by atoms with van der Waals surface area (Å²) >= 11 is 0. The molecule has 2 fully saturated rings. The molecule has 3 heteroatoms. The number of anilines is 1. The molecule has 0 unspecified atom stereocenters. The number of hydrogen-bond acceptors (Lipinski definition) is 2. The highest BCUT2D eigenvalue weighted by Gasteiger charge is 2.44. The standard InChI is InChI=1S/C15H20N2O/c1-11-3-2-4-12(13(11)14(16)18)17-9-7-15(5-6-15)8-10-17/h2-4H,5-10H2,1H3,(H2,16,18). The molecule has 0 atom stereocenters. The zero-order valence-electron chi connectivity index (χ0n) is 10.9. The number of piperidine rings is 1. The molecule has 1 aromatic rings. The molecule has 3 nitrogen and oxygen atoms in total. The van der Waals surface area contributed by atoms with E-state index in [1.807, 2.05) is 25.1 Å². The van der Waals surface area contributed by atoms with E-state index in [4.69, 9.17) is 5.73 Å². The first kappa shape index (κ1) is 11.6. The van der Waals surface area contributed by atoms with Gasteiger partial charge in [0.2, 0.25) is 0 Å². The fourth-order valence-corrected chi connectivity index (χ4v) is 3.14. The number of aryl methyl sites for hydroxylation is 1. The van der Waals surface area contributed by atoms with Gasteiger partial charge in [-0.2, -0.15) is 0 Å². The average Bonchev–Trinajstić information content (AvgIpc) is 3.09. The van der Waals surface area contributed by atoms with Gasteiger partial charge < -0.3 is 10.6 Å². The van der Waals surface area contributed by atoms with Crippen molar-refractivity contribution in [3.05, 3.63) is 29.3 Å². The first-order valence-electron chi connectivity index (χ1n) is 6.76. The number of hydrogen-bond donors (Lipinski definition) is 1.